The number of nitrogens with zero attached hydrogens (tertiary/aromatic N) is 2. The van der Waals surface area contributed by atoms with Crippen LogP contribution in [0.4, 0.5) is 16.2 Å². The first-order chi connectivity index (χ1) is 17.6. The van der Waals surface area contributed by atoms with Crippen molar-refractivity contribution in [3.8, 4) is 0 Å². The Kier molecular flexibility index (Phi) is 5.82. The predicted octanol–water partition coefficient (Wildman–Crippen LogP) is 5.95. The number of hydrogen-bond acceptors (Lipinski definition) is 3. The minimum Gasteiger partial charge on any atom is -0.480 e. The minimum absolute atomic E-state index is 0.195. The molecular formula is C30H28N2O4. The lowest BCUT2D eigenvalue weighted by Gasteiger charge is -2.53. The van der Waals surface area contributed by atoms with Gasteiger partial charge in [0.25, 0.3) is 0 Å². The molecule has 0 aromatic heterocycles. The number of para-hydroxylation sites is 2. The van der Waals surface area contributed by atoms with Crippen molar-refractivity contribution in [3.63, 3.8) is 0 Å². The zero-order valence-electron chi connectivity index (χ0n) is 19.9. The first kappa shape index (κ1) is 22.6. The van der Waals surface area contributed by atoms with Crippen LogP contribution in [0, 0.1) is 5.92 Å². The van der Waals surface area contributed by atoms with Crippen molar-refractivity contribution in [1.82, 2.24) is 4.90 Å². The molecule has 3 aromatic rings. The molecule has 6 nitrogen and oxygen atoms in total. The molecule has 1 N–H and O–H groups in total. The average Bonchev–Trinajstić information content (AvgIpc) is 3.09. The Hall–Kier alpha value is -3.90. The molecule has 2 amide bonds. The number of amides is 2. The third kappa shape index (κ3) is 3.88. The summed E-state index contributed by atoms with van der Waals surface area (Å²) in [4.78, 5) is 30.3. The summed E-state index contributed by atoms with van der Waals surface area (Å²) < 4.78 is 6.26. The highest BCUT2D eigenvalue weighted by Crippen LogP contribution is 2.45. The van der Waals surface area contributed by atoms with Gasteiger partial charge >= 0.3 is 12.0 Å². The third-order valence-electron chi connectivity index (χ3n) is 7.68. The average molecular weight is 481 g/mol. The van der Waals surface area contributed by atoms with E-state index in [0.29, 0.717) is 13.0 Å². The second kappa shape index (κ2) is 9.28. The molecule has 6 heteroatoms. The van der Waals surface area contributed by atoms with Gasteiger partial charge in [-0.25, -0.2) is 9.59 Å². The monoisotopic (exact) mass is 480 g/mol. The zero-order chi connectivity index (χ0) is 24.6. The van der Waals surface area contributed by atoms with Crippen LogP contribution in [-0.2, 0) is 16.1 Å². The molecule has 2 bridgehead atoms. The van der Waals surface area contributed by atoms with Gasteiger partial charge in [0, 0.05) is 12.0 Å². The molecule has 3 fully saturated rings. The lowest BCUT2D eigenvalue weighted by Crippen LogP contribution is -2.66. The number of fused-ring (bicyclic) bond motifs is 5. The number of carboxylic acid groups (broad SMARTS) is 1. The number of carbonyl (C=O) groups excluding carboxylic acids is 1. The van der Waals surface area contributed by atoms with Gasteiger partial charge in [-0.05, 0) is 48.1 Å². The number of urea groups is 1. The standard InChI is InChI=1S/C30H28N2O4/c33-29(34)28-24-17-16-23(18-27(24)36-19-20-8-2-1-3-9-20)31(28)30(35)32-25-12-6-4-10-21(25)14-15-22-11-5-7-13-26(22)32/h1-15,23-24,27-28H,16-19H2,(H,33,34)/t23-,24+,27?,28-/m0/s1. The maximum atomic E-state index is 14.3. The largest absolute Gasteiger partial charge is 0.480 e. The van der Waals surface area contributed by atoms with E-state index >= 15 is 0 Å². The van der Waals surface area contributed by atoms with E-state index in [0.717, 1.165) is 40.9 Å². The van der Waals surface area contributed by atoms with Crippen LogP contribution in [0.2, 0.25) is 0 Å². The molecule has 7 rings (SSSR count). The van der Waals surface area contributed by atoms with E-state index in [1.807, 2.05) is 91.0 Å². The molecule has 0 spiro atoms. The number of benzene rings is 3. The maximum Gasteiger partial charge on any atom is 0.330 e. The van der Waals surface area contributed by atoms with E-state index in [4.69, 9.17) is 4.74 Å². The van der Waals surface area contributed by atoms with Gasteiger partial charge in [0.05, 0.1) is 24.1 Å². The van der Waals surface area contributed by atoms with Crippen molar-refractivity contribution in [1.29, 1.82) is 0 Å². The molecule has 182 valence electrons. The Morgan fingerprint density at radius 1 is 0.833 bits per heavy atom. The smallest absolute Gasteiger partial charge is 0.330 e. The van der Waals surface area contributed by atoms with Crippen molar-refractivity contribution >= 4 is 35.5 Å². The number of ether oxygens (including phenoxy) is 1. The van der Waals surface area contributed by atoms with Gasteiger partial charge in [-0.3, -0.25) is 4.90 Å². The quantitative estimate of drug-likeness (QED) is 0.501. The fraction of sp³-hybridized carbons (Fsp3) is 0.267. The zero-order valence-corrected chi connectivity index (χ0v) is 19.9. The molecular weight excluding hydrogens is 452 g/mol. The Labute approximate surface area is 210 Å². The fourth-order valence-corrected chi connectivity index (χ4v) is 6.02. The Balaban J connectivity index is 1.34. The van der Waals surface area contributed by atoms with Gasteiger partial charge in [-0.15, -0.1) is 0 Å². The van der Waals surface area contributed by atoms with Gasteiger partial charge < -0.3 is 14.7 Å². The summed E-state index contributed by atoms with van der Waals surface area (Å²) in [5.41, 5.74) is 4.40. The van der Waals surface area contributed by atoms with E-state index in [2.05, 4.69) is 0 Å². The van der Waals surface area contributed by atoms with E-state index < -0.39 is 12.0 Å². The first-order valence-corrected chi connectivity index (χ1v) is 12.5. The number of aliphatic carboxylic acids is 1. The summed E-state index contributed by atoms with van der Waals surface area (Å²) >= 11 is 0. The van der Waals surface area contributed by atoms with Gasteiger partial charge in [0.15, 0.2) is 0 Å². The molecule has 0 radical (unpaired) electrons. The molecule has 1 unspecified atom stereocenters. The van der Waals surface area contributed by atoms with Crippen LogP contribution in [0.15, 0.2) is 78.9 Å². The predicted molar refractivity (Wildman–Crippen MR) is 139 cm³/mol. The Morgan fingerprint density at radius 3 is 2.08 bits per heavy atom. The summed E-state index contributed by atoms with van der Waals surface area (Å²) in [6.45, 7) is 0.438. The first-order valence-electron chi connectivity index (χ1n) is 12.5. The molecule has 3 aliphatic heterocycles. The summed E-state index contributed by atoms with van der Waals surface area (Å²) in [6, 6.07) is 24.0. The van der Waals surface area contributed by atoms with Crippen molar-refractivity contribution in [2.24, 2.45) is 5.92 Å². The van der Waals surface area contributed by atoms with Crippen LogP contribution in [0.1, 0.15) is 36.0 Å². The molecule has 36 heavy (non-hydrogen) atoms. The van der Waals surface area contributed by atoms with Crippen molar-refractivity contribution in [2.45, 2.75) is 44.1 Å². The molecule has 1 saturated carbocycles. The van der Waals surface area contributed by atoms with E-state index in [1.54, 1.807) is 9.80 Å². The molecule has 1 aliphatic carbocycles. The van der Waals surface area contributed by atoms with Crippen LogP contribution < -0.4 is 4.90 Å². The van der Waals surface area contributed by atoms with E-state index in [1.165, 1.54) is 0 Å². The van der Waals surface area contributed by atoms with E-state index in [9.17, 15) is 14.7 Å². The van der Waals surface area contributed by atoms with E-state index in [-0.39, 0.29) is 24.1 Å². The van der Waals surface area contributed by atoms with Crippen LogP contribution in [0.5, 0.6) is 0 Å². The lowest BCUT2D eigenvalue weighted by atomic mass is 9.72. The Bertz CT molecular complexity index is 1270. The number of carboxylic acids is 1. The molecule has 2 saturated heterocycles. The summed E-state index contributed by atoms with van der Waals surface area (Å²) in [7, 11) is 0. The van der Waals surface area contributed by atoms with Crippen molar-refractivity contribution < 1.29 is 19.4 Å². The topological polar surface area (TPSA) is 70.1 Å². The van der Waals surface area contributed by atoms with Crippen LogP contribution >= 0.6 is 0 Å². The lowest BCUT2D eigenvalue weighted by molar-refractivity contribution is -0.161. The van der Waals surface area contributed by atoms with Crippen molar-refractivity contribution in [3.05, 3.63) is 95.6 Å². The van der Waals surface area contributed by atoms with Gasteiger partial charge in [-0.2, -0.15) is 0 Å². The molecule has 3 aromatic carbocycles. The fourth-order valence-electron chi connectivity index (χ4n) is 6.02. The van der Waals surface area contributed by atoms with Crippen LogP contribution in [0.3, 0.4) is 0 Å². The van der Waals surface area contributed by atoms with Crippen molar-refractivity contribution in [2.75, 3.05) is 4.90 Å². The van der Waals surface area contributed by atoms with Gasteiger partial charge in [0.1, 0.15) is 6.04 Å². The molecule has 4 aliphatic rings. The van der Waals surface area contributed by atoms with Crippen LogP contribution in [0.25, 0.3) is 12.2 Å². The molecule has 3 heterocycles. The van der Waals surface area contributed by atoms with Gasteiger partial charge in [0.2, 0.25) is 0 Å². The SMILES string of the molecule is O=C(O)[C@@H]1[C@@H]2CC[C@@H](CC2OCc2ccccc2)N1C(=O)N1c2ccccc2C=Cc2ccccc21. The third-order valence-corrected chi connectivity index (χ3v) is 7.68. The highest BCUT2D eigenvalue weighted by molar-refractivity contribution is 6.06. The van der Waals surface area contributed by atoms with Gasteiger partial charge in [-0.1, -0.05) is 78.9 Å². The van der Waals surface area contributed by atoms with Crippen LogP contribution in [-0.4, -0.2) is 40.2 Å². The Morgan fingerprint density at radius 2 is 1.44 bits per heavy atom. The normalized spacial score (nSPS) is 24.1. The summed E-state index contributed by atoms with van der Waals surface area (Å²) in [6.07, 6.45) is 5.97. The number of hydrogen-bond donors (Lipinski definition) is 1. The summed E-state index contributed by atoms with van der Waals surface area (Å²) in [5, 5.41) is 10.3. The number of anilines is 2. The number of carbonyl (C=O) groups is 2. The number of rotatable bonds is 4. The highest BCUT2D eigenvalue weighted by Gasteiger charge is 2.54. The molecule has 4 atom stereocenters. The number of piperidine rings is 2. The summed E-state index contributed by atoms with van der Waals surface area (Å²) in [5.74, 6) is -1.23. The second-order valence-corrected chi connectivity index (χ2v) is 9.73. The highest BCUT2D eigenvalue weighted by atomic mass is 16.5. The maximum absolute atomic E-state index is 14.3. The second-order valence-electron chi connectivity index (χ2n) is 9.73. The minimum atomic E-state index is -0.972.